The SMILES string of the molecule is CCC1(CC)C[C@@H](NC(=O)c2ccc(NS(=O)(=O)c3ccc(C)cc3)cc2Cl)c2ccccc2O1. The fourth-order valence-electron chi connectivity index (χ4n) is 4.36. The van der Waals surface area contributed by atoms with Crippen molar-refractivity contribution in [3.63, 3.8) is 0 Å². The zero-order valence-electron chi connectivity index (χ0n) is 20.0. The number of halogens is 1. The van der Waals surface area contributed by atoms with E-state index in [1.165, 1.54) is 18.2 Å². The Morgan fingerprint density at radius 2 is 1.74 bits per heavy atom. The molecule has 8 heteroatoms. The van der Waals surface area contributed by atoms with E-state index in [0.29, 0.717) is 6.42 Å². The zero-order valence-corrected chi connectivity index (χ0v) is 21.5. The molecule has 0 fully saturated rings. The van der Waals surface area contributed by atoms with Crippen molar-refractivity contribution < 1.29 is 17.9 Å². The molecular formula is C27H29ClN2O4S. The second kappa shape index (κ2) is 9.91. The molecule has 1 amide bonds. The summed E-state index contributed by atoms with van der Waals surface area (Å²) in [5.74, 6) is 0.449. The number of hydrogen-bond acceptors (Lipinski definition) is 4. The van der Waals surface area contributed by atoms with Crippen molar-refractivity contribution in [3.05, 3.63) is 88.4 Å². The molecule has 1 aliphatic heterocycles. The summed E-state index contributed by atoms with van der Waals surface area (Å²) in [7, 11) is -3.78. The third-order valence-electron chi connectivity index (χ3n) is 6.59. The summed E-state index contributed by atoms with van der Waals surface area (Å²) in [6.45, 7) is 6.06. The van der Waals surface area contributed by atoms with Crippen LogP contribution in [0.4, 0.5) is 5.69 Å². The van der Waals surface area contributed by atoms with Gasteiger partial charge in [0, 0.05) is 12.0 Å². The van der Waals surface area contributed by atoms with Gasteiger partial charge in [0.2, 0.25) is 0 Å². The first-order chi connectivity index (χ1) is 16.7. The molecule has 184 valence electrons. The van der Waals surface area contributed by atoms with Gasteiger partial charge >= 0.3 is 0 Å². The van der Waals surface area contributed by atoms with Crippen LogP contribution in [0.2, 0.25) is 5.02 Å². The molecule has 1 heterocycles. The number of anilines is 1. The Morgan fingerprint density at radius 1 is 1.06 bits per heavy atom. The number of aryl methyl sites for hydroxylation is 1. The number of carbonyl (C=O) groups is 1. The fraction of sp³-hybridized carbons (Fsp3) is 0.296. The van der Waals surface area contributed by atoms with Gasteiger partial charge in [-0.15, -0.1) is 0 Å². The minimum atomic E-state index is -3.78. The highest BCUT2D eigenvalue weighted by Crippen LogP contribution is 2.42. The fourth-order valence-corrected chi connectivity index (χ4v) is 5.68. The number of sulfonamides is 1. The summed E-state index contributed by atoms with van der Waals surface area (Å²) in [6.07, 6.45) is 2.29. The summed E-state index contributed by atoms with van der Waals surface area (Å²) in [5, 5.41) is 3.27. The van der Waals surface area contributed by atoms with Gasteiger partial charge in [0.15, 0.2) is 0 Å². The Balaban J connectivity index is 1.54. The normalized spacial score (nSPS) is 16.6. The van der Waals surface area contributed by atoms with Gasteiger partial charge in [0.1, 0.15) is 11.4 Å². The molecule has 3 aromatic rings. The average molecular weight is 513 g/mol. The maximum atomic E-state index is 13.2. The van der Waals surface area contributed by atoms with E-state index in [2.05, 4.69) is 23.9 Å². The minimum Gasteiger partial charge on any atom is -0.487 e. The number of fused-ring (bicyclic) bond motifs is 1. The van der Waals surface area contributed by atoms with E-state index in [1.54, 1.807) is 24.3 Å². The Bertz CT molecular complexity index is 1340. The van der Waals surface area contributed by atoms with Gasteiger partial charge in [-0.2, -0.15) is 0 Å². The van der Waals surface area contributed by atoms with Crippen LogP contribution >= 0.6 is 11.6 Å². The van der Waals surface area contributed by atoms with Crippen LogP contribution in [0.15, 0.2) is 71.6 Å². The van der Waals surface area contributed by atoms with Gasteiger partial charge in [-0.1, -0.05) is 61.3 Å². The number of benzene rings is 3. The molecule has 35 heavy (non-hydrogen) atoms. The molecular weight excluding hydrogens is 484 g/mol. The second-order valence-corrected chi connectivity index (χ2v) is 11.0. The number of hydrogen-bond donors (Lipinski definition) is 2. The summed E-state index contributed by atoms with van der Waals surface area (Å²) in [5.41, 5.74) is 2.09. The predicted octanol–water partition coefficient (Wildman–Crippen LogP) is 6.26. The van der Waals surface area contributed by atoms with Crippen LogP contribution in [-0.2, 0) is 10.0 Å². The maximum Gasteiger partial charge on any atom is 0.261 e. The van der Waals surface area contributed by atoms with Crippen molar-refractivity contribution in [2.24, 2.45) is 0 Å². The lowest BCUT2D eigenvalue weighted by Crippen LogP contribution is -2.44. The van der Waals surface area contributed by atoms with Crippen molar-refractivity contribution >= 4 is 33.2 Å². The number of rotatable bonds is 7. The van der Waals surface area contributed by atoms with E-state index in [0.717, 1.165) is 29.7 Å². The van der Waals surface area contributed by atoms with Gasteiger partial charge in [-0.3, -0.25) is 9.52 Å². The molecule has 0 unspecified atom stereocenters. The molecule has 0 aliphatic carbocycles. The highest BCUT2D eigenvalue weighted by Gasteiger charge is 2.39. The minimum absolute atomic E-state index is 0.148. The van der Waals surface area contributed by atoms with Gasteiger partial charge in [0.25, 0.3) is 15.9 Å². The van der Waals surface area contributed by atoms with Crippen LogP contribution < -0.4 is 14.8 Å². The van der Waals surface area contributed by atoms with Crippen molar-refractivity contribution in [2.75, 3.05) is 4.72 Å². The van der Waals surface area contributed by atoms with Crippen LogP contribution in [0.5, 0.6) is 5.75 Å². The van der Waals surface area contributed by atoms with Gasteiger partial charge < -0.3 is 10.1 Å². The number of ether oxygens (including phenoxy) is 1. The Labute approximate surface area is 211 Å². The summed E-state index contributed by atoms with van der Waals surface area (Å²) in [4.78, 5) is 13.4. The van der Waals surface area contributed by atoms with E-state index in [4.69, 9.17) is 16.3 Å². The van der Waals surface area contributed by atoms with Crippen molar-refractivity contribution in [2.45, 2.75) is 56.6 Å². The van der Waals surface area contributed by atoms with E-state index < -0.39 is 10.0 Å². The molecule has 1 aliphatic rings. The highest BCUT2D eigenvalue weighted by molar-refractivity contribution is 7.92. The van der Waals surface area contributed by atoms with Crippen LogP contribution in [0.25, 0.3) is 0 Å². The Hall–Kier alpha value is -3.03. The lowest BCUT2D eigenvalue weighted by Gasteiger charge is -2.41. The largest absolute Gasteiger partial charge is 0.487 e. The number of amides is 1. The van der Waals surface area contributed by atoms with E-state index in [9.17, 15) is 13.2 Å². The molecule has 0 bridgehead atoms. The molecule has 0 spiro atoms. The van der Waals surface area contributed by atoms with E-state index in [-0.39, 0.29) is 38.7 Å². The maximum absolute atomic E-state index is 13.2. The molecule has 0 saturated heterocycles. The molecule has 1 atom stereocenters. The lowest BCUT2D eigenvalue weighted by atomic mass is 9.83. The first-order valence-electron chi connectivity index (χ1n) is 11.6. The lowest BCUT2D eigenvalue weighted by molar-refractivity contribution is 0.0227. The average Bonchev–Trinajstić information content (AvgIpc) is 2.84. The number of para-hydroxylation sites is 1. The molecule has 6 nitrogen and oxygen atoms in total. The highest BCUT2D eigenvalue weighted by atomic mass is 35.5. The third-order valence-corrected chi connectivity index (χ3v) is 8.30. The summed E-state index contributed by atoms with van der Waals surface area (Å²) in [6, 6.07) is 18.6. The first kappa shape index (κ1) is 25.1. The summed E-state index contributed by atoms with van der Waals surface area (Å²) >= 11 is 6.43. The van der Waals surface area contributed by atoms with Crippen LogP contribution in [0, 0.1) is 6.92 Å². The van der Waals surface area contributed by atoms with E-state index >= 15 is 0 Å². The molecule has 3 aromatic carbocycles. The molecule has 0 radical (unpaired) electrons. The van der Waals surface area contributed by atoms with E-state index in [1.807, 2.05) is 31.2 Å². The molecule has 0 saturated carbocycles. The van der Waals surface area contributed by atoms with Gasteiger partial charge in [-0.05, 0) is 56.2 Å². The number of carbonyl (C=O) groups excluding carboxylic acids is 1. The van der Waals surface area contributed by atoms with Crippen molar-refractivity contribution in [1.82, 2.24) is 5.32 Å². The predicted molar refractivity (Wildman–Crippen MR) is 139 cm³/mol. The second-order valence-electron chi connectivity index (χ2n) is 8.87. The van der Waals surface area contributed by atoms with Gasteiger partial charge in [0.05, 0.1) is 27.2 Å². The van der Waals surface area contributed by atoms with Crippen LogP contribution in [-0.4, -0.2) is 19.9 Å². The van der Waals surface area contributed by atoms with Crippen LogP contribution in [0.3, 0.4) is 0 Å². The molecule has 4 rings (SSSR count). The van der Waals surface area contributed by atoms with Crippen molar-refractivity contribution in [3.8, 4) is 5.75 Å². The molecule has 0 aromatic heterocycles. The van der Waals surface area contributed by atoms with Gasteiger partial charge in [-0.25, -0.2) is 8.42 Å². The first-order valence-corrected chi connectivity index (χ1v) is 13.5. The third kappa shape index (κ3) is 5.31. The number of nitrogens with one attached hydrogen (secondary N) is 2. The Morgan fingerprint density at radius 3 is 2.40 bits per heavy atom. The van der Waals surface area contributed by atoms with Crippen molar-refractivity contribution in [1.29, 1.82) is 0 Å². The standard InChI is InChI=1S/C27H29ClN2O4S/c1-4-27(5-2)17-24(22-8-6-7-9-25(22)34-27)29-26(31)21-15-12-19(16-23(21)28)30-35(32,33)20-13-10-18(3)11-14-20/h6-16,24,30H,4-5,17H2,1-3H3,(H,29,31)/t24-/m1/s1. The summed E-state index contributed by atoms with van der Waals surface area (Å²) < 4.78 is 34.2. The Kier molecular flexibility index (Phi) is 7.10. The molecule has 2 N–H and O–H groups in total. The smallest absolute Gasteiger partial charge is 0.261 e. The topological polar surface area (TPSA) is 84.5 Å². The monoisotopic (exact) mass is 512 g/mol. The van der Waals surface area contributed by atoms with Crippen LogP contribution in [0.1, 0.15) is 60.6 Å². The quantitative estimate of drug-likeness (QED) is 0.391. The zero-order chi connectivity index (χ0) is 25.2.